The molecule has 84 valence electrons. The SMILES string of the molecule is COCCC(N)C(=O)NCc1ccco1. The Morgan fingerprint density at radius 2 is 2.53 bits per heavy atom. The van der Waals surface area contributed by atoms with Crippen LogP contribution in [-0.4, -0.2) is 25.7 Å². The molecule has 0 aliphatic heterocycles. The normalized spacial score (nSPS) is 12.4. The summed E-state index contributed by atoms with van der Waals surface area (Å²) in [6.07, 6.45) is 2.08. The molecular weight excluding hydrogens is 196 g/mol. The summed E-state index contributed by atoms with van der Waals surface area (Å²) in [5, 5.41) is 2.68. The number of furan rings is 1. The number of amides is 1. The van der Waals surface area contributed by atoms with Crippen LogP contribution < -0.4 is 11.1 Å². The van der Waals surface area contributed by atoms with Gasteiger partial charge in [0, 0.05) is 13.7 Å². The van der Waals surface area contributed by atoms with E-state index in [0.29, 0.717) is 25.3 Å². The fourth-order valence-corrected chi connectivity index (χ4v) is 1.09. The van der Waals surface area contributed by atoms with Crippen molar-refractivity contribution in [1.82, 2.24) is 5.32 Å². The molecule has 0 saturated carbocycles. The number of hydrogen-bond donors (Lipinski definition) is 2. The molecule has 0 aliphatic carbocycles. The maximum absolute atomic E-state index is 11.4. The Hall–Kier alpha value is -1.33. The van der Waals surface area contributed by atoms with Gasteiger partial charge in [0.05, 0.1) is 18.8 Å². The first-order valence-corrected chi connectivity index (χ1v) is 4.78. The molecule has 1 amide bonds. The fraction of sp³-hybridized carbons (Fsp3) is 0.500. The molecule has 0 fully saturated rings. The zero-order valence-corrected chi connectivity index (χ0v) is 8.73. The molecule has 3 N–H and O–H groups in total. The van der Waals surface area contributed by atoms with Gasteiger partial charge in [-0.2, -0.15) is 0 Å². The van der Waals surface area contributed by atoms with Gasteiger partial charge in [-0.05, 0) is 18.6 Å². The van der Waals surface area contributed by atoms with Crippen molar-refractivity contribution >= 4 is 5.91 Å². The van der Waals surface area contributed by atoms with E-state index < -0.39 is 6.04 Å². The minimum Gasteiger partial charge on any atom is -0.467 e. The topological polar surface area (TPSA) is 77.5 Å². The van der Waals surface area contributed by atoms with Gasteiger partial charge < -0.3 is 20.2 Å². The summed E-state index contributed by atoms with van der Waals surface area (Å²) < 4.78 is 9.90. The van der Waals surface area contributed by atoms with E-state index in [4.69, 9.17) is 14.9 Å². The smallest absolute Gasteiger partial charge is 0.237 e. The molecule has 5 heteroatoms. The Morgan fingerprint density at radius 3 is 3.13 bits per heavy atom. The van der Waals surface area contributed by atoms with Crippen molar-refractivity contribution in [2.75, 3.05) is 13.7 Å². The Labute approximate surface area is 88.6 Å². The van der Waals surface area contributed by atoms with Gasteiger partial charge in [0.15, 0.2) is 0 Å². The van der Waals surface area contributed by atoms with E-state index in [-0.39, 0.29) is 5.91 Å². The molecule has 0 aromatic carbocycles. The van der Waals surface area contributed by atoms with Gasteiger partial charge in [-0.1, -0.05) is 0 Å². The third-order valence-corrected chi connectivity index (χ3v) is 1.99. The van der Waals surface area contributed by atoms with Gasteiger partial charge in [-0.3, -0.25) is 4.79 Å². The first-order chi connectivity index (χ1) is 7.24. The molecule has 1 atom stereocenters. The van der Waals surface area contributed by atoms with Crippen molar-refractivity contribution in [2.45, 2.75) is 19.0 Å². The van der Waals surface area contributed by atoms with Crippen LogP contribution in [0, 0.1) is 0 Å². The number of hydrogen-bond acceptors (Lipinski definition) is 4. The number of carbonyl (C=O) groups is 1. The van der Waals surface area contributed by atoms with Crippen LogP contribution >= 0.6 is 0 Å². The first kappa shape index (κ1) is 11.7. The Bertz CT molecular complexity index is 285. The lowest BCUT2D eigenvalue weighted by Crippen LogP contribution is -2.40. The largest absolute Gasteiger partial charge is 0.467 e. The molecule has 5 nitrogen and oxygen atoms in total. The maximum atomic E-state index is 11.4. The van der Waals surface area contributed by atoms with Gasteiger partial charge in [0.2, 0.25) is 5.91 Å². The maximum Gasteiger partial charge on any atom is 0.237 e. The van der Waals surface area contributed by atoms with Gasteiger partial charge in [0.25, 0.3) is 0 Å². The van der Waals surface area contributed by atoms with E-state index in [1.165, 1.54) is 0 Å². The molecule has 0 bridgehead atoms. The average molecular weight is 212 g/mol. The highest BCUT2D eigenvalue weighted by Crippen LogP contribution is 1.99. The van der Waals surface area contributed by atoms with E-state index in [1.54, 1.807) is 25.5 Å². The van der Waals surface area contributed by atoms with Gasteiger partial charge >= 0.3 is 0 Å². The summed E-state index contributed by atoms with van der Waals surface area (Å²) in [5.74, 6) is 0.519. The molecule has 1 rings (SSSR count). The van der Waals surface area contributed by atoms with Crippen molar-refractivity contribution in [3.63, 3.8) is 0 Å². The number of methoxy groups -OCH3 is 1. The summed E-state index contributed by atoms with van der Waals surface area (Å²) in [6, 6.07) is 3.03. The van der Waals surface area contributed by atoms with Crippen LogP contribution in [0.1, 0.15) is 12.2 Å². The number of ether oxygens (including phenoxy) is 1. The molecule has 15 heavy (non-hydrogen) atoms. The summed E-state index contributed by atoms with van der Waals surface area (Å²) >= 11 is 0. The van der Waals surface area contributed by atoms with Gasteiger partial charge in [0.1, 0.15) is 5.76 Å². The lowest BCUT2D eigenvalue weighted by Gasteiger charge is -2.10. The molecule has 1 aromatic heterocycles. The quantitative estimate of drug-likeness (QED) is 0.709. The number of carbonyl (C=O) groups excluding carboxylic acids is 1. The molecular formula is C10H16N2O3. The Kier molecular flexibility index (Phi) is 4.86. The second-order valence-electron chi connectivity index (χ2n) is 3.19. The zero-order chi connectivity index (χ0) is 11.1. The molecule has 0 saturated heterocycles. The minimum absolute atomic E-state index is 0.191. The first-order valence-electron chi connectivity index (χ1n) is 4.78. The summed E-state index contributed by atoms with van der Waals surface area (Å²) in [7, 11) is 1.58. The number of nitrogens with two attached hydrogens (primary N) is 1. The van der Waals surface area contributed by atoms with Crippen LogP contribution in [0.15, 0.2) is 22.8 Å². The number of rotatable bonds is 6. The number of nitrogens with one attached hydrogen (secondary N) is 1. The van der Waals surface area contributed by atoms with Crippen molar-refractivity contribution in [3.8, 4) is 0 Å². The monoisotopic (exact) mass is 212 g/mol. The van der Waals surface area contributed by atoms with E-state index >= 15 is 0 Å². The van der Waals surface area contributed by atoms with E-state index in [1.807, 2.05) is 0 Å². The van der Waals surface area contributed by atoms with Crippen LogP contribution in [0.25, 0.3) is 0 Å². The highest BCUT2D eigenvalue weighted by molar-refractivity contribution is 5.81. The van der Waals surface area contributed by atoms with Crippen molar-refractivity contribution in [2.24, 2.45) is 5.73 Å². The molecule has 1 aromatic rings. The average Bonchev–Trinajstić information content (AvgIpc) is 2.75. The minimum atomic E-state index is -0.528. The Balaban J connectivity index is 2.23. The van der Waals surface area contributed by atoms with Crippen molar-refractivity contribution in [3.05, 3.63) is 24.2 Å². The third kappa shape index (κ3) is 4.14. The third-order valence-electron chi connectivity index (χ3n) is 1.99. The summed E-state index contributed by atoms with van der Waals surface area (Å²) in [6.45, 7) is 0.849. The van der Waals surface area contributed by atoms with Crippen molar-refractivity contribution in [1.29, 1.82) is 0 Å². The molecule has 0 radical (unpaired) electrons. The van der Waals surface area contributed by atoms with Crippen LogP contribution in [0.2, 0.25) is 0 Å². The summed E-state index contributed by atoms with van der Waals surface area (Å²) in [4.78, 5) is 11.4. The van der Waals surface area contributed by atoms with Gasteiger partial charge in [-0.25, -0.2) is 0 Å². The van der Waals surface area contributed by atoms with Crippen LogP contribution in [0.3, 0.4) is 0 Å². The van der Waals surface area contributed by atoms with Crippen LogP contribution in [-0.2, 0) is 16.1 Å². The fourth-order valence-electron chi connectivity index (χ4n) is 1.09. The highest BCUT2D eigenvalue weighted by Gasteiger charge is 2.12. The van der Waals surface area contributed by atoms with E-state index in [2.05, 4.69) is 5.32 Å². The van der Waals surface area contributed by atoms with E-state index in [9.17, 15) is 4.79 Å². The standard InChI is InChI=1S/C10H16N2O3/c1-14-6-4-9(11)10(13)12-7-8-3-2-5-15-8/h2-3,5,9H,4,6-7,11H2,1H3,(H,12,13). The molecule has 1 unspecified atom stereocenters. The van der Waals surface area contributed by atoms with E-state index in [0.717, 1.165) is 0 Å². The molecule has 0 aliphatic rings. The lowest BCUT2D eigenvalue weighted by molar-refractivity contribution is -0.123. The highest BCUT2D eigenvalue weighted by atomic mass is 16.5. The molecule has 0 spiro atoms. The van der Waals surface area contributed by atoms with Gasteiger partial charge in [-0.15, -0.1) is 0 Å². The summed E-state index contributed by atoms with van der Waals surface area (Å²) in [5.41, 5.74) is 5.62. The van der Waals surface area contributed by atoms with Crippen LogP contribution in [0.5, 0.6) is 0 Å². The molecule has 1 heterocycles. The predicted octanol–water partition coefficient (Wildman–Crippen LogP) is 0.260. The second-order valence-corrected chi connectivity index (χ2v) is 3.19. The zero-order valence-electron chi connectivity index (χ0n) is 8.73. The predicted molar refractivity (Wildman–Crippen MR) is 55.0 cm³/mol. The Morgan fingerprint density at radius 1 is 1.73 bits per heavy atom. The second kappa shape index (κ2) is 6.21. The van der Waals surface area contributed by atoms with Crippen molar-refractivity contribution < 1.29 is 13.9 Å². The van der Waals surface area contributed by atoms with Crippen LogP contribution in [0.4, 0.5) is 0 Å². The lowest BCUT2D eigenvalue weighted by atomic mass is 10.2.